The summed E-state index contributed by atoms with van der Waals surface area (Å²) in [7, 11) is 1.74. The number of carboxylic acid groups (broad SMARTS) is 1. The van der Waals surface area contributed by atoms with Crippen LogP contribution in [0.4, 0.5) is 0 Å². The highest BCUT2D eigenvalue weighted by Gasteiger charge is 2.22. The summed E-state index contributed by atoms with van der Waals surface area (Å²) in [6.45, 7) is 0.565. The Hall–Kier alpha value is -1.02. The van der Waals surface area contributed by atoms with Crippen molar-refractivity contribution in [2.24, 2.45) is 0 Å². The lowest BCUT2D eigenvalue weighted by molar-refractivity contribution is 0.0139. The first-order chi connectivity index (χ1) is 7.56. The fourth-order valence-corrected chi connectivity index (χ4v) is 1.94. The molecule has 0 radical (unpaired) electrons. The fraction of sp³-hybridized carbons (Fsp3) is 0.556. The second-order valence-electron chi connectivity index (χ2n) is 3.27. The third-order valence-corrected chi connectivity index (χ3v) is 3.10. The first-order valence-corrected chi connectivity index (χ1v) is 5.57. The molecule has 2 atom stereocenters. The largest absolute Gasteiger partial charge is 0.477 e. The van der Waals surface area contributed by atoms with E-state index in [1.807, 2.05) is 0 Å². The van der Waals surface area contributed by atoms with Gasteiger partial charge in [-0.3, -0.25) is 0 Å². The van der Waals surface area contributed by atoms with E-state index < -0.39 is 18.2 Å². The molecule has 1 aromatic rings. The van der Waals surface area contributed by atoms with Crippen LogP contribution in [0.3, 0.4) is 0 Å². The lowest BCUT2D eigenvalue weighted by Crippen LogP contribution is -2.23. The first-order valence-electron chi connectivity index (χ1n) is 4.76. The van der Waals surface area contributed by atoms with Gasteiger partial charge in [0.2, 0.25) is 0 Å². The van der Waals surface area contributed by atoms with Crippen molar-refractivity contribution in [3.05, 3.63) is 16.1 Å². The van der Waals surface area contributed by atoms with Gasteiger partial charge < -0.3 is 20.6 Å². The van der Waals surface area contributed by atoms with E-state index in [1.54, 1.807) is 7.05 Å². The summed E-state index contributed by atoms with van der Waals surface area (Å²) in [5.41, 5.74) is 0. The molecule has 0 saturated carbocycles. The molecule has 0 spiro atoms. The topological polar surface area (TPSA) is 103 Å². The Labute approximate surface area is 96.6 Å². The SMILES string of the molecule is CNCCC(O)C(O)c1ncc(C(=O)O)s1. The van der Waals surface area contributed by atoms with Crippen molar-refractivity contribution in [2.45, 2.75) is 18.6 Å². The number of hydrogen-bond acceptors (Lipinski definition) is 6. The van der Waals surface area contributed by atoms with Crippen molar-refractivity contribution in [1.82, 2.24) is 10.3 Å². The van der Waals surface area contributed by atoms with Gasteiger partial charge in [-0.05, 0) is 20.0 Å². The molecular weight excluding hydrogens is 232 g/mol. The molecule has 0 bridgehead atoms. The smallest absolute Gasteiger partial charge is 0.347 e. The van der Waals surface area contributed by atoms with E-state index in [9.17, 15) is 15.0 Å². The summed E-state index contributed by atoms with van der Waals surface area (Å²) in [4.78, 5) is 14.4. The molecule has 0 fully saturated rings. The van der Waals surface area contributed by atoms with Gasteiger partial charge in [0.15, 0.2) is 0 Å². The standard InChI is InChI=1S/C9H14N2O4S/c1-10-3-2-5(12)7(13)8-11-4-6(16-8)9(14)15/h4-5,7,10,12-13H,2-3H2,1H3,(H,14,15). The van der Waals surface area contributed by atoms with Gasteiger partial charge in [-0.25, -0.2) is 9.78 Å². The van der Waals surface area contributed by atoms with Crippen LogP contribution in [-0.2, 0) is 0 Å². The van der Waals surface area contributed by atoms with Crippen molar-refractivity contribution in [3.63, 3.8) is 0 Å². The van der Waals surface area contributed by atoms with Gasteiger partial charge in [0.1, 0.15) is 16.0 Å². The second kappa shape index (κ2) is 5.90. The number of nitrogens with one attached hydrogen (secondary N) is 1. The molecule has 7 heteroatoms. The van der Waals surface area contributed by atoms with Gasteiger partial charge in [0.25, 0.3) is 0 Å². The Morgan fingerprint density at radius 3 is 2.81 bits per heavy atom. The van der Waals surface area contributed by atoms with Crippen molar-refractivity contribution in [2.75, 3.05) is 13.6 Å². The molecule has 4 N–H and O–H groups in total. The molecule has 16 heavy (non-hydrogen) atoms. The van der Waals surface area contributed by atoms with Gasteiger partial charge in [0.05, 0.1) is 12.3 Å². The predicted octanol–water partition coefficient (Wildman–Crippen LogP) is -0.155. The highest BCUT2D eigenvalue weighted by molar-refractivity contribution is 7.13. The van der Waals surface area contributed by atoms with Crippen LogP contribution in [0.5, 0.6) is 0 Å². The Morgan fingerprint density at radius 2 is 2.31 bits per heavy atom. The van der Waals surface area contributed by atoms with Crippen LogP contribution < -0.4 is 5.32 Å². The number of aromatic carboxylic acids is 1. The van der Waals surface area contributed by atoms with E-state index in [0.29, 0.717) is 13.0 Å². The molecule has 6 nitrogen and oxygen atoms in total. The lowest BCUT2D eigenvalue weighted by Gasteiger charge is -2.14. The van der Waals surface area contributed by atoms with Crippen molar-refractivity contribution >= 4 is 17.3 Å². The number of aliphatic hydroxyl groups is 2. The van der Waals surface area contributed by atoms with E-state index in [4.69, 9.17) is 5.11 Å². The molecule has 1 rings (SSSR count). The van der Waals surface area contributed by atoms with Gasteiger partial charge in [-0.1, -0.05) is 0 Å². The number of thiazole rings is 1. The minimum Gasteiger partial charge on any atom is -0.477 e. The third kappa shape index (κ3) is 3.24. The Kier molecular flexibility index (Phi) is 4.81. The molecule has 0 aliphatic rings. The summed E-state index contributed by atoms with van der Waals surface area (Å²) in [5.74, 6) is -1.08. The number of aromatic nitrogens is 1. The Bertz CT molecular complexity index is 355. The number of carboxylic acids is 1. The monoisotopic (exact) mass is 246 g/mol. The van der Waals surface area contributed by atoms with E-state index in [0.717, 1.165) is 11.3 Å². The number of hydrogen-bond donors (Lipinski definition) is 4. The van der Waals surface area contributed by atoms with Crippen LogP contribution in [0, 0.1) is 0 Å². The molecule has 0 aliphatic heterocycles. The molecule has 0 aliphatic carbocycles. The summed E-state index contributed by atoms with van der Waals surface area (Å²) in [6.07, 6.45) is -0.526. The van der Waals surface area contributed by atoms with Crippen LogP contribution in [0.1, 0.15) is 27.2 Å². The van der Waals surface area contributed by atoms with Gasteiger partial charge in [-0.15, -0.1) is 11.3 Å². The maximum atomic E-state index is 10.6. The van der Waals surface area contributed by atoms with E-state index in [-0.39, 0.29) is 9.88 Å². The predicted molar refractivity (Wildman–Crippen MR) is 58.6 cm³/mol. The maximum Gasteiger partial charge on any atom is 0.347 e. The highest BCUT2D eigenvalue weighted by Crippen LogP contribution is 2.23. The molecule has 2 unspecified atom stereocenters. The van der Waals surface area contributed by atoms with Crippen molar-refractivity contribution in [3.8, 4) is 0 Å². The molecule has 0 saturated heterocycles. The van der Waals surface area contributed by atoms with E-state index in [1.165, 1.54) is 6.20 Å². The van der Waals surface area contributed by atoms with Crippen LogP contribution in [0.15, 0.2) is 6.20 Å². The van der Waals surface area contributed by atoms with E-state index >= 15 is 0 Å². The zero-order chi connectivity index (χ0) is 12.1. The average Bonchev–Trinajstić information content (AvgIpc) is 2.74. The molecule has 1 aromatic heterocycles. The van der Waals surface area contributed by atoms with Crippen molar-refractivity contribution < 1.29 is 20.1 Å². The molecular formula is C9H14N2O4S. The van der Waals surface area contributed by atoms with Crippen molar-refractivity contribution in [1.29, 1.82) is 0 Å². The molecule has 0 aromatic carbocycles. The minimum absolute atomic E-state index is 0.0508. The average molecular weight is 246 g/mol. The number of carbonyl (C=O) groups is 1. The fourth-order valence-electron chi connectivity index (χ4n) is 1.14. The third-order valence-electron chi connectivity index (χ3n) is 2.04. The zero-order valence-electron chi connectivity index (χ0n) is 8.75. The Balaban J connectivity index is 2.64. The highest BCUT2D eigenvalue weighted by atomic mass is 32.1. The summed E-state index contributed by atoms with van der Waals surface area (Å²) >= 11 is 0.870. The summed E-state index contributed by atoms with van der Waals surface area (Å²) in [5, 5.41) is 31.0. The maximum absolute atomic E-state index is 10.6. The van der Waals surface area contributed by atoms with Gasteiger partial charge in [0, 0.05) is 0 Å². The lowest BCUT2D eigenvalue weighted by atomic mass is 10.1. The first kappa shape index (κ1) is 13.0. The summed E-state index contributed by atoms with van der Waals surface area (Å²) < 4.78 is 0. The molecule has 0 amide bonds. The van der Waals surface area contributed by atoms with Gasteiger partial charge >= 0.3 is 5.97 Å². The number of nitrogens with zero attached hydrogens (tertiary/aromatic N) is 1. The zero-order valence-corrected chi connectivity index (χ0v) is 9.57. The quantitative estimate of drug-likeness (QED) is 0.556. The second-order valence-corrected chi connectivity index (χ2v) is 4.33. The summed E-state index contributed by atoms with van der Waals surface area (Å²) in [6, 6.07) is 0. The minimum atomic E-state index is -1.13. The number of aliphatic hydroxyl groups excluding tert-OH is 2. The van der Waals surface area contributed by atoms with Crippen LogP contribution in [-0.4, -0.2) is 46.0 Å². The molecule has 1 heterocycles. The van der Waals surface area contributed by atoms with Crippen LogP contribution >= 0.6 is 11.3 Å². The molecule has 90 valence electrons. The normalized spacial score (nSPS) is 14.7. The van der Waals surface area contributed by atoms with Gasteiger partial charge in [-0.2, -0.15) is 0 Å². The number of rotatable bonds is 6. The van der Waals surface area contributed by atoms with Crippen LogP contribution in [0.25, 0.3) is 0 Å². The van der Waals surface area contributed by atoms with Crippen LogP contribution in [0.2, 0.25) is 0 Å². The van der Waals surface area contributed by atoms with E-state index in [2.05, 4.69) is 10.3 Å². The Morgan fingerprint density at radius 1 is 1.62 bits per heavy atom.